The average molecular weight is 210 g/mol. The molecule has 76 valence electrons. The van der Waals surface area contributed by atoms with Crippen LogP contribution in [0.25, 0.3) is 0 Å². The van der Waals surface area contributed by atoms with E-state index >= 15 is 0 Å². The van der Waals surface area contributed by atoms with Crippen LogP contribution in [0.15, 0.2) is 0 Å². The lowest BCUT2D eigenvalue weighted by molar-refractivity contribution is 0.00363. The number of hydrogen-bond acceptors (Lipinski definition) is 4. The highest BCUT2D eigenvalue weighted by molar-refractivity contribution is 7.46. The van der Waals surface area contributed by atoms with E-state index in [1.54, 1.807) is 0 Å². The molecule has 0 spiro atoms. The Morgan fingerprint density at radius 3 is 2.38 bits per heavy atom. The Labute approximate surface area is 77.5 Å². The summed E-state index contributed by atoms with van der Waals surface area (Å²) in [5.41, 5.74) is 0. The number of hydrogen-bond donors (Lipinski definition) is 3. The van der Waals surface area contributed by atoms with Gasteiger partial charge in [-0.15, -0.1) is 0 Å². The monoisotopic (exact) mass is 210 g/mol. The molecule has 0 aliphatic rings. The molecule has 0 heterocycles. The molecule has 0 rings (SSSR count). The number of rotatable bonds is 6. The molecular formula is C5H12BO6P. The van der Waals surface area contributed by atoms with E-state index in [1.165, 1.54) is 6.92 Å². The molecule has 2 radical (unpaired) electrons. The topological polar surface area (TPSA) is 96.2 Å². The van der Waals surface area contributed by atoms with E-state index in [-0.39, 0.29) is 13.2 Å². The van der Waals surface area contributed by atoms with Crippen LogP contribution in [0.3, 0.4) is 0 Å². The summed E-state index contributed by atoms with van der Waals surface area (Å²) in [6.07, 6.45) is -0.838. The van der Waals surface area contributed by atoms with Gasteiger partial charge in [-0.2, -0.15) is 0 Å². The third kappa shape index (κ3) is 8.43. The van der Waals surface area contributed by atoms with Gasteiger partial charge in [0.1, 0.15) is 7.85 Å². The highest BCUT2D eigenvalue weighted by atomic mass is 31.2. The standard InChI is InChI=1S/C5H12BO6P/c1-4(7)5(6)11-2-3-12-13(8,9)10/h4-5,7H,2-3H2,1H3,(H2,8,9,10)/t4-,5+/m0/s1. The zero-order chi connectivity index (χ0) is 10.5. The Hall–Kier alpha value is 0.0949. The molecule has 0 aliphatic heterocycles. The molecule has 2 atom stereocenters. The highest BCUT2D eigenvalue weighted by Gasteiger charge is 2.14. The molecule has 0 fully saturated rings. The number of aliphatic hydroxyl groups is 1. The fourth-order valence-corrected chi connectivity index (χ4v) is 0.792. The third-order valence-corrected chi connectivity index (χ3v) is 1.65. The lowest BCUT2D eigenvalue weighted by atomic mass is 9.95. The highest BCUT2D eigenvalue weighted by Crippen LogP contribution is 2.35. The first-order chi connectivity index (χ1) is 5.83. The van der Waals surface area contributed by atoms with Crippen molar-refractivity contribution in [1.82, 2.24) is 0 Å². The predicted molar refractivity (Wildman–Crippen MR) is 45.2 cm³/mol. The predicted octanol–water partition coefficient (Wildman–Crippen LogP) is -1.01. The van der Waals surface area contributed by atoms with Gasteiger partial charge in [0.25, 0.3) is 0 Å². The van der Waals surface area contributed by atoms with Gasteiger partial charge in [-0.1, -0.05) is 0 Å². The van der Waals surface area contributed by atoms with Crippen LogP contribution in [-0.2, 0) is 13.8 Å². The van der Waals surface area contributed by atoms with E-state index in [9.17, 15) is 4.57 Å². The minimum absolute atomic E-state index is 0.0861. The van der Waals surface area contributed by atoms with Crippen LogP contribution in [0.4, 0.5) is 0 Å². The molecular weight excluding hydrogens is 198 g/mol. The third-order valence-electron chi connectivity index (χ3n) is 1.13. The number of phosphoric ester groups is 1. The summed E-state index contributed by atoms with van der Waals surface area (Å²) >= 11 is 0. The Bertz CT molecular complexity index is 180. The van der Waals surface area contributed by atoms with Crippen LogP contribution in [-0.4, -0.2) is 48.1 Å². The lowest BCUT2D eigenvalue weighted by Gasteiger charge is -2.16. The fourth-order valence-electron chi connectivity index (χ4n) is 0.480. The van der Waals surface area contributed by atoms with Crippen molar-refractivity contribution in [2.75, 3.05) is 13.2 Å². The summed E-state index contributed by atoms with van der Waals surface area (Å²) in [6.45, 7) is 1.08. The number of ether oxygens (including phenoxy) is 1. The van der Waals surface area contributed by atoms with Crippen molar-refractivity contribution in [2.45, 2.75) is 19.0 Å². The summed E-state index contributed by atoms with van der Waals surface area (Å²) in [7, 11) is 0.812. The molecule has 0 unspecified atom stereocenters. The summed E-state index contributed by atoms with van der Waals surface area (Å²) in [4.78, 5) is 16.5. The van der Waals surface area contributed by atoms with Crippen LogP contribution >= 0.6 is 7.82 Å². The molecule has 3 N–H and O–H groups in total. The molecule has 8 heteroatoms. The van der Waals surface area contributed by atoms with Crippen LogP contribution in [0, 0.1) is 0 Å². The van der Waals surface area contributed by atoms with Crippen molar-refractivity contribution in [2.24, 2.45) is 0 Å². The minimum atomic E-state index is -4.43. The second-order valence-corrected chi connectivity index (χ2v) is 3.64. The van der Waals surface area contributed by atoms with E-state index in [0.29, 0.717) is 0 Å². The van der Waals surface area contributed by atoms with Crippen molar-refractivity contribution in [1.29, 1.82) is 0 Å². The molecule has 0 aromatic carbocycles. The Morgan fingerprint density at radius 1 is 1.46 bits per heavy atom. The smallest absolute Gasteiger partial charge is 0.392 e. The van der Waals surface area contributed by atoms with Gasteiger partial charge in [-0.05, 0) is 6.92 Å². The molecule has 0 bridgehead atoms. The van der Waals surface area contributed by atoms with E-state index < -0.39 is 19.9 Å². The van der Waals surface area contributed by atoms with Crippen LogP contribution in [0.2, 0.25) is 0 Å². The Balaban J connectivity index is 3.42. The fraction of sp³-hybridized carbons (Fsp3) is 1.00. The van der Waals surface area contributed by atoms with E-state index in [0.717, 1.165) is 0 Å². The van der Waals surface area contributed by atoms with E-state index in [2.05, 4.69) is 4.52 Å². The SMILES string of the molecule is [B][C@H](OCCOP(=O)(O)O)[C@H](C)O. The van der Waals surface area contributed by atoms with Crippen molar-refractivity contribution < 1.29 is 28.7 Å². The largest absolute Gasteiger partial charge is 0.469 e. The molecule has 0 aromatic heterocycles. The van der Waals surface area contributed by atoms with Crippen molar-refractivity contribution in [3.63, 3.8) is 0 Å². The van der Waals surface area contributed by atoms with Gasteiger partial charge in [-0.3, -0.25) is 4.52 Å². The van der Waals surface area contributed by atoms with Gasteiger partial charge in [0.05, 0.1) is 19.3 Å². The van der Waals surface area contributed by atoms with Crippen LogP contribution in [0.1, 0.15) is 6.92 Å². The lowest BCUT2D eigenvalue weighted by Crippen LogP contribution is -2.27. The first kappa shape index (κ1) is 13.1. The average Bonchev–Trinajstić information content (AvgIpc) is 1.95. The summed E-state index contributed by atoms with van der Waals surface area (Å²) in [5.74, 6) is 0. The maximum absolute atomic E-state index is 10.1. The molecule has 0 saturated carbocycles. The van der Waals surface area contributed by atoms with Crippen molar-refractivity contribution in [3.05, 3.63) is 0 Å². The van der Waals surface area contributed by atoms with E-state index in [1.807, 2.05) is 0 Å². The Morgan fingerprint density at radius 2 is 2.00 bits per heavy atom. The first-order valence-electron chi connectivity index (χ1n) is 3.58. The van der Waals surface area contributed by atoms with E-state index in [4.69, 9.17) is 27.5 Å². The van der Waals surface area contributed by atoms with Gasteiger partial charge in [0.15, 0.2) is 0 Å². The zero-order valence-corrected chi connectivity index (χ0v) is 8.05. The normalized spacial score (nSPS) is 16.9. The van der Waals surface area contributed by atoms with Crippen LogP contribution < -0.4 is 0 Å². The van der Waals surface area contributed by atoms with Gasteiger partial charge < -0.3 is 19.6 Å². The second-order valence-electron chi connectivity index (χ2n) is 2.40. The second kappa shape index (κ2) is 5.75. The number of aliphatic hydroxyl groups excluding tert-OH is 1. The minimum Gasteiger partial charge on any atom is -0.392 e. The quantitative estimate of drug-likeness (QED) is 0.295. The van der Waals surface area contributed by atoms with Gasteiger partial charge in [0.2, 0.25) is 0 Å². The molecule has 0 amide bonds. The molecule has 0 saturated heterocycles. The van der Waals surface area contributed by atoms with Crippen molar-refractivity contribution >= 4 is 15.7 Å². The molecule has 0 aromatic rings. The van der Waals surface area contributed by atoms with Gasteiger partial charge >= 0.3 is 7.82 Å². The summed E-state index contributed by atoms with van der Waals surface area (Å²) < 4.78 is 19.0. The maximum Gasteiger partial charge on any atom is 0.469 e. The van der Waals surface area contributed by atoms with Gasteiger partial charge in [0, 0.05) is 6.00 Å². The molecule has 13 heavy (non-hydrogen) atoms. The molecule has 6 nitrogen and oxygen atoms in total. The zero-order valence-electron chi connectivity index (χ0n) is 7.16. The Kier molecular flexibility index (Phi) is 5.79. The van der Waals surface area contributed by atoms with Gasteiger partial charge in [-0.25, -0.2) is 4.57 Å². The first-order valence-corrected chi connectivity index (χ1v) is 5.11. The summed E-state index contributed by atoms with van der Waals surface area (Å²) in [6, 6.07) is -0.875. The van der Waals surface area contributed by atoms with Crippen molar-refractivity contribution in [3.8, 4) is 0 Å². The maximum atomic E-state index is 10.1. The van der Waals surface area contributed by atoms with Crippen LogP contribution in [0.5, 0.6) is 0 Å². The number of phosphoric acid groups is 1. The molecule has 0 aliphatic carbocycles. The summed E-state index contributed by atoms with van der Waals surface area (Å²) in [5, 5.41) is 8.84.